The zero-order valence-corrected chi connectivity index (χ0v) is 11.6. The van der Waals surface area contributed by atoms with Crippen molar-refractivity contribution in [1.82, 2.24) is 4.90 Å². The van der Waals surface area contributed by atoms with Gasteiger partial charge in [0, 0.05) is 13.1 Å². The molecule has 1 aromatic rings. The highest BCUT2D eigenvalue weighted by atomic mass is 32.2. The van der Waals surface area contributed by atoms with Gasteiger partial charge in [0.25, 0.3) is 0 Å². The number of benzene rings is 1. The average molecular weight is 278 g/mol. The summed E-state index contributed by atoms with van der Waals surface area (Å²) in [5.74, 6) is 0.286. The summed E-state index contributed by atoms with van der Waals surface area (Å²) in [4.78, 5) is 2.09. The van der Waals surface area contributed by atoms with Gasteiger partial charge in [-0.05, 0) is 18.5 Å². The van der Waals surface area contributed by atoms with Crippen LogP contribution in [0.25, 0.3) is 0 Å². The first-order chi connectivity index (χ1) is 9.11. The van der Waals surface area contributed by atoms with E-state index < -0.39 is 9.84 Å². The van der Waals surface area contributed by atoms with Crippen LogP contribution in [0.2, 0.25) is 0 Å². The number of hydrogen-bond donors (Lipinski definition) is 0. The summed E-state index contributed by atoms with van der Waals surface area (Å²) in [5, 5.41) is 9.29. The molecule has 0 spiro atoms. The number of nitrogens with zero attached hydrogens (tertiary/aromatic N) is 2. The molecule has 1 aliphatic heterocycles. The van der Waals surface area contributed by atoms with Crippen LogP contribution < -0.4 is 0 Å². The molecule has 1 fully saturated rings. The van der Waals surface area contributed by atoms with Gasteiger partial charge in [-0.3, -0.25) is 0 Å². The van der Waals surface area contributed by atoms with Crippen molar-refractivity contribution < 1.29 is 8.42 Å². The molecular formula is C14H18N2O2S. The van der Waals surface area contributed by atoms with E-state index in [1.807, 2.05) is 30.3 Å². The van der Waals surface area contributed by atoms with Gasteiger partial charge in [-0.25, -0.2) is 8.42 Å². The fourth-order valence-electron chi connectivity index (χ4n) is 2.34. The molecule has 0 amide bonds. The Labute approximate surface area is 114 Å². The van der Waals surface area contributed by atoms with E-state index in [1.165, 1.54) is 0 Å². The van der Waals surface area contributed by atoms with Crippen molar-refractivity contribution >= 4 is 9.84 Å². The highest BCUT2D eigenvalue weighted by Gasteiger charge is 2.22. The largest absolute Gasteiger partial charge is 0.301 e. The van der Waals surface area contributed by atoms with Crippen LogP contribution in [0.1, 0.15) is 17.9 Å². The number of rotatable bonds is 3. The highest BCUT2D eigenvalue weighted by molar-refractivity contribution is 7.91. The van der Waals surface area contributed by atoms with Gasteiger partial charge in [0.1, 0.15) is 0 Å². The van der Waals surface area contributed by atoms with Crippen molar-refractivity contribution in [2.75, 3.05) is 31.1 Å². The van der Waals surface area contributed by atoms with Crippen molar-refractivity contribution in [3.8, 4) is 6.07 Å². The Kier molecular flexibility index (Phi) is 4.56. The van der Waals surface area contributed by atoms with Crippen molar-refractivity contribution in [1.29, 1.82) is 5.26 Å². The van der Waals surface area contributed by atoms with Crippen molar-refractivity contribution in [3.63, 3.8) is 0 Å². The SMILES string of the molecule is N#CC(CN1CCCS(=O)(=O)CC1)c1ccccc1. The molecule has 2 rings (SSSR count). The topological polar surface area (TPSA) is 61.2 Å². The Balaban J connectivity index is 2.02. The first-order valence-corrected chi connectivity index (χ1v) is 8.30. The van der Waals surface area contributed by atoms with Crippen LogP contribution in [0.3, 0.4) is 0 Å². The van der Waals surface area contributed by atoms with Gasteiger partial charge in [0.2, 0.25) is 0 Å². The summed E-state index contributed by atoms with van der Waals surface area (Å²) in [5.41, 5.74) is 0.997. The van der Waals surface area contributed by atoms with E-state index in [2.05, 4.69) is 11.0 Å². The van der Waals surface area contributed by atoms with E-state index >= 15 is 0 Å². The minimum absolute atomic E-state index is 0.193. The van der Waals surface area contributed by atoms with Crippen LogP contribution in [0.4, 0.5) is 0 Å². The molecule has 4 nitrogen and oxygen atoms in total. The molecule has 1 unspecified atom stereocenters. The second-order valence-electron chi connectivity index (χ2n) is 4.90. The van der Waals surface area contributed by atoms with E-state index in [9.17, 15) is 13.7 Å². The molecule has 0 aromatic heterocycles. The molecule has 1 saturated heterocycles. The first-order valence-electron chi connectivity index (χ1n) is 6.48. The third-order valence-corrected chi connectivity index (χ3v) is 5.16. The molecular weight excluding hydrogens is 260 g/mol. The lowest BCUT2D eigenvalue weighted by atomic mass is 10.00. The Hall–Kier alpha value is -1.38. The third kappa shape index (κ3) is 4.05. The van der Waals surface area contributed by atoms with Crippen LogP contribution in [0.15, 0.2) is 30.3 Å². The minimum Gasteiger partial charge on any atom is -0.301 e. The Morgan fingerprint density at radius 2 is 1.95 bits per heavy atom. The fourth-order valence-corrected chi connectivity index (χ4v) is 3.65. The van der Waals surface area contributed by atoms with E-state index in [1.54, 1.807) is 0 Å². The molecule has 1 atom stereocenters. The number of hydrogen-bond acceptors (Lipinski definition) is 4. The van der Waals surface area contributed by atoms with Gasteiger partial charge in [-0.15, -0.1) is 0 Å². The molecule has 0 N–H and O–H groups in total. The van der Waals surface area contributed by atoms with Crippen LogP contribution in [-0.2, 0) is 9.84 Å². The van der Waals surface area contributed by atoms with Crippen molar-refractivity contribution in [2.24, 2.45) is 0 Å². The maximum atomic E-state index is 11.5. The predicted molar refractivity (Wildman–Crippen MR) is 74.5 cm³/mol. The zero-order valence-electron chi connectivity index (χ0n) is 10.8. The van der Waals surface area contributed by atoms with Gasteiger partial charge < -0.3 is 4.90 Å². The lowest BCUT2D eigenvalue weighted by Crippen LogP contribution is -2.31. The Bertz CT molecular complexity index is 549. The molecule has 102 valence electrons. The summed E-state index contributed by atoms with van der Waals surface area (Å²) >= 11 is 0. The summed E-state index contributed by atoms with van der Waals surface area (Å²) in [6.07, 6.45) is 0.662. The second kappa shape index (κ2) is 6.18. The van der Waals surface area contributed by atoms with E-state index in [4.69, 9.17) is 0 Å². The van der Waals surface area contributed by atoms with Gasteiger partial charge in [-0.1, -0.05) is 30.3 Å². The molecule has 0 saturated carbocycles. The van der Waals surface area contributed by atoms with Crippen LogP contribution in [-0.4, -0.2) is 44.5 Å². The summed E-state index contributed by atoms with van der Waals surface area (Å²) in [7, 11) is -2.88. The fraction of sp³-hybridized carbons (Fsp3) is 0.500. The van der Waals surface area contributed by atoms with E-state index in [0.717, 1.165) is 12.1 Å². The van der Waals surface area contributed by atoms with E-state index in [0.29, 0.717) is 19.5 Å². The van der Waals surface area contributed by atoms with Crippen molar-refractivity contribution in [3.05, 3.63) is 35.9 Å². The molecule has 1 heterocycles. The van der Waals surface area contributed by atoms with Gasteiger partial charge in [-0.2, -0.15) is 5.26 Å². The van der Waals surface area contributed by atoms with Crippen molar-refractivity contribution in [2.45, 2.75) is 12.3 Å². The average Bonchev–Trinajstić information content (AvgIpc) is 2.58. The molecule has 0 bridgehead atoms. The first kappa shape index (κ1) is 14.0. The standard InChI is InChI=1S/C14H18N2O2S/c15-11-14(13-5-2-1-3-6-13)12-16-7-4-9-19(17,18)10-8-16/h1-3,5-6,14H,4,7-10,12H2. The van der Waals surface area contributed by atoms with E-state index in [-0.39, 0.29) is 17.4 Å². The number of nitriles is 1. The quantitative estimate of drug-likeness (QED) is 0.839. The Morgan fingerprint density at radius 3 is 2.63 bits per heavy atom. The maximum Gasteiger partial charge on any atom is 0.151 e. The molecule has 19 heavy (non-hydrogen) atoms. The smallest absolute Gasteiger partial charge is 0.151 e. The molecule has 1 aliphatic rings. The van der Waals surface area contributed by atoms with Crippen LogP contribution >= 0.6 is 0 Å². The second-order valence-corrected chi connectivity index (χ2v) is 7.20. The number of sulfone groups is 1. The summed E-state index contributed by atoms with van der Waals surface area (Å²) in [6, 6.07) is 12.0. The van der Waals surface area contributed by atoms with Gasteiger partial charge in [0.05, 0.1) is 23.5 Å². The monoisotopic (exact) mass is 278 g/mol. The lowest BCUT2D eigenvalue weighted by molar-refractivity contribution is 0.290. The summed E-state index contributed by atoms with van der Waals surface area (Å²) < 4.78 is 23.1. The minimum atomic E-state index is -2.88. The Morgan fingerprint density at radius 1 is 1.21 bits per heavy atom. The zero-order chi connectivity index (χ0) is 13.7. The maximum absolute atomic E-state index is 11.5. The van der Waals surface area contributed by atoms with Gasteiger partial charge in [0.15, 0.2) is 9.84 Å². The molecule has 1 aromatic carbocycles. The van der Waals surface area contributed by atoms with Gasteiger partial charge >= 0.3 is 0 Å². The highest BCUT2D eigenvalue weighted by Crippen LogP contribution is 2.17. The summed E-state index contributed by atoms with van der Waals surface area (Å²) in [6.45, 7) is 1.90. The molecule has 5 heteroatoms. The normalized spacial score (nSPS) is 21.2. The predicted octanol–water partition coefficient (Wildman–Crippen LogP) is 1.41. The third-order valence-electron chi connectivity index (χ3n) is 3.45. The lowest BCUT2D eigenvalue weighted by Gasteiger charge is -2.22. The van der Waals surface area contributed by atoms with Crippen LogP contribution in [0.5, 0.6) is 0 Å². The molecule has 0 aliphatic carbocycles. The molecule has 0 radical (unpaired) electrons. The van der Waals surface area contributed by atoms with Crippen LogP contribution in [0, 0.1) is 11.3 Å².